The van der Waals surface area contributed by atoms with Crippen molar-refractivity contribution < 1.29 is 4.43 Å². The van der Waals surface area contributed by atoms with Crippen molar-refractivity contribution in [2.24, 2.45) is 0 Å². The molecule has 0 spiro atoms. The SMILES string of the molecule is CC(C)(C)[Si](C)(C)OCCCCCCCCCCCCCCCCBr. The molecule has 0 aromatic rings. The van der Waals surface area contributed by atoms with Crippen molar-refractivity contribution in [3.8, 4) is 0 Å². The second kappa shape index (κ2) is 15.7. The topological polar surface area (TPSA) is 9.23 Å². The normalized spacial score (nSPS) is 12.7. The summed E-state index contributed by atoms with van der Waals surface area (Å²) in [6.07, 6.45) is 19.8. The average Bonchev–Trinajstić information content (AvgIpc) is 2.53. The largest absolute Gasteiger partial charge is 0.417 e. The molecule has 0 rings (SSSR count). The van der Waals surface area contributed by atoms with Crippen LogP contribution in [-0.4, -0.2) is 20.3 Å². The Balaban J connectivity index is 3.22. The third kappa shape index (κ3) is 15.4. The fourth-order valence-corrected chi connectivity index (χ4v) is 4.35. The molecule has 0 radical (unpaired) electrons. The van der Waals surface area contributed by atoms with E-state index in [0.717, 1.165) is 6.61 Å². The Labute approximate surface area is 169 Å². The highest BCUT2D eigenvalue weighted by Gasteiger charge is 2.36. The summed E-state index contributed by atoms with van der Waals surface area (Å²) in [5.41, 5.74) is 0. The molecule has 0 bridgehead atoms. The Kier molecular flexibility index (Phi) is 16.1. The molecule has 0 aliphatic heterocycles. The molecule has 0 N–H and O–H groups in total. The van der Waals surface area contributed by atoms with E-state index < -0.39 is 8.32 Å². The van der Waals surface area contributed by atoms with Crippen molar-refractivity contribution in [3.63, 3.8) is 0 Å². The molecule has 0 unspecified atom stereocenters. The van der Waals surface area contributed by atoms with E-state index in [-0.39, 0.29) is 0 Å². The summed E-state index contributed by atoms with van der Waals surface area (Å²) in [6.45, 7) is 12.7. The standard InChI is InChI=1S/C22H47BrOSi/c1-22(2,3)25(4,5)24-21-19-17-15-13-11-9-7-6-8-10-12-14-16-18-20-23/h6-21H2,1-5H3. The van der Waals surface area contributed by atoms with Crippen molar-refractivity contribution >= 4 is 24.2 Å². The molecule has 0 fully saturated rings. The van der Waals surface area contributed by atoms with Crippen LogP contribution in [-0.2, 0) is 4.43 Å². The summed E-state index contributed by atoms with van der Waals surface area (Å²) < 4.78 is 6.24. The van der Waals surface area contributed by atoms with Gasteiger partial charge in [-0.05, 0) is 31.0 Å². The number of unbranched alkanes of at least 4 members (excludes halogenated alkanes) is 13. The second-order valence-corrected chi connectivity index (χ2v) is 14.8. The number of alkyl halides is 1. The molecule has 0 amide bonds. The summed E-state index contributed by atoms with van der Waals surface area (Å²) in [5, 5.41) is 1.53. The molecule has 1 nitrogen and oxygen atoms in total. The Morgan fingerprint density at radius 3 is 1.24 bits per heavy atom. The van der Waals surface area contributed by atoms with E-state index in [4.69, 9.17) is 4.43 Å². The lowest BCUT2D eigenvalue weighted by Gasteiger charge is -2.36. The minimum atomic E-state index is -1.51. The van der Waals surface area contributed by atoms with Gasteiger partial charge in [0.2, 0.25) is 0 Å². The molecular weight excluding hydrogens is 388 g/mol. The van der Waals surface area contributed by atoms with E-state index in [1.165, 1.54) is 95.2 Å². The summed E-state index contributed by atoms with van der Waals surface area (Å²) in [6, 6.07) is 0. The van der Waals surface area contributed by atoms with Crippen molar-refractivity contribution in [1.82, 2.24) is 0 Å². The maximum atomic E-state index is 6.24. The Morgan fingerprint density at radius 1 is 0.600 bits per heavy atom. The van der Waals surface area contributed by atoms with Crippen LogP contribution in [0.3, 0.4) is 0 Å². The van der Waals surface area contributed by atoms with Crippen LogP contribution in [0.2, 0.25) is 18.1 Å². The zero-order chi connectivity index (χ0) is 19.0. The van der Waals surface area contributed by atoms with E-state index in [9.17, 15) is 0 Å². The van der Waals surface area contributed by atoms with Gasteiger partial charge < -0.3 is 4.43 Å². The predicted octanol–water partition coefficient (Wildman–Crippen LogP) is 8.86. The van der Waals surface area contributed by atoms with Crippen LogP contribution in [0.15, 0.2) is 0 Å². The first-order valence-corrected chi connectivity index (χ1v) is 15.0. The first kappa shape index (κ1) is 25.7. The van der Waals surface area contributed by atoms with E-state index in [1.807, 2.05) is 0 Å². The molecule has 0 atom stereocenters. The lowest BCUT2D eigenvalue weighted by atomic mass is 10.0. The molecule has 25 heavy (non-hydrogen) atoms. The fourth-order valence-electron chi connectivity index (χ4n) is 2.86. The molecule has 0 aliphatic carbocycles. The van der Waals surface area contributed by atoms with Gasteiger partial charge in [-0.3, -0.25) is 0 Å². The van der Waals surface area contributed by atoms with Crippen LogP contribution in [0.1, 0.15) is 111 Å². The average molecular weight is 436 g/mol. The highest BCUT2D eigenvalue weighted by atomic mass is 79.9. The number of halogens is 1. The number of rotatable bonds is 17. The van der Waals surface area contributed by atoms with Crippen LogP contribution in [0.4, 0.5) is 0 Å². The van der Waals surface area contributed by atoms with E-state index >= 15 is 0 Å². The molecular formula is C22H47BrOSi. The quantitative estimate of drug-likeness (QED) is 0.126. The fraction of sp³-hybridized carbons (Fsp3) is 1.00. The minimum absolute atomic E-state index is 0.348. The Morgan fingerprint density at radius 2 is 0.920 bits per heavy atom. The van der Waals surface area contributed by atoms with Gasteiger partial charge in [-0.2, -0.15) is 0 Å². The van der Waals surface area contributed by atoms with Gasteiger partial charge >= 0.3 is 0 Å². The maximum absolute atomic E-state index is 6.24. The second-order valence-electron chi connectivity index (χ2n) is 9.25. The third-order valence-corrected chi connectivity index (χ3v) is 10.9. The molecule has 0 aromatic carbocycles. The highest BCUT2D eigenvalue weighted by molar-refractivity contribution is 9.09. The van der Waals surface area contributed by atoms with Crippen LogP contribution >= 0.6 is 15.9 Å². The smallest absolute Gasteiger partial charge is 0.191 e. The zero-order valence-corrected chi connectivity index (χ0v) is 20.7. The van der Waals surface area contributed by atoms with Crippen LogP contribution in [0.5, 0.6) is 0 Å². The van der Waals surface area contributed by atoms with Gasteiger partial charge in [0.25, 0.3) is 0 Å². The monoisotopic (exact) mass is 434 g/mol. The van der Waals surface area contributed by atoms with Gasteiger partial charge in [0.15, 0.2) is 8.32 Å². The Hall–Kier alpha value is 0.657. The van der Waals surface area contributed by atoms with E-state index in [2.05, 4.69) is 49.8 Å². The zero-order valence-electron chi connectivity index (χ0n) is 18.1. The van der Waals surface area contributed by atoms with Gasteiger partial charge in [-0.25, -0.2) is 0 Å². The van der Waals surface area contributed by atoms with Crippen molar-refractivity contribution in [1.29, 1.82) is 0 Å². The predicted molar refractivity (Wildman–Crippen MR) is 122 cm³/mol. The van der Waals surface area contributed by atoms with Gasteiger partial charge in [-0.15, -0.1) is 0 Å². The molecule has 0 saturated heterocycles. The maximum Gasteiger partial charge on any atom is 0.191 e. The van der Waals surface area contributed by atoms with Gasteiger partial charge in [0, 0.05) is 11.9 Å². The van der Waals surface area contributed by atoms with E-state index in [1.54, 1.807) is 0 Å². The number of hydrogen-bond donors (Lipinski definition) is 0. The summed E-state index contributed by atoms with van der Waals surface area (Å²) in [7, 11) is -1.51. The molecule has 152 valence electrons. The van der Waals surface area contributed by atoms with Gasteiger partial charge in [0.05, 0.1) is 0 Å². The Bertz CT molecular complexity index is 286. The highest BCUT2D eigenvalue weighted by Crippen LogP contribution is 2.36. The third-order valence-electron chi connectivity index (χ3n) is 5.80. The lowest BCUT2D eigenvalue weighted by molar-refractivity contribution is 0.277. The molecule has 3 heteroatoms. The van der Waals surface area contributed by atoms with Crippen molar-refractivity contribution in [2.75, 3.05) is 11.9 Å². The van der Waals surface area contributed by atoms with Gasteiger partial charge in [0.1, 0.15) is 0 Å². The summed E-state index contributed by atoms with van der Waals surface area (Å²) in [5.74, 6) is 0. The lowest BCUT2D eigenvalue weighted by Crippen LogP contribution is -2.40. The minimum Gasteiger partial charge on any atom is -0.417 e. The van der Waals surface area contributed by atoms with E-state index in [0.29, 0.717) is 5.04 Å². The van der Waals surface area contributed by atoms with Crippen LogP contribution in [0, 0.1) is 0 Å². The molecule has 0 aromatic heterocycles. The molecule has 0 aliphatic rings. The summed E-state index contributed by atoms with van der Waals surface area (Å²) >= 11 is 3.50. The van der Waals surface area contributed by atoms with Crippen molar-refractivity contribution in [2.45, 2.75) is 129 Å². The molecule has 0 heterocycles. The first-order chi connectivity index (χ1) is 11.8. The van der Waals surface area contributed by atoms with Crippen LogP contribution < -0.4 is 0 Å². The van der Waals surface area contributed by atoms with Gasteiger partial charge in [-0.1, -0.05) is 114 Å². The van der Waals surface area contributed by atoms with Crippen LogP contribution in [0.25, 0.3) is 0 Å². The number of hydrogen-bond acceptors (Lipinski definition) is 1. The molecule has 0 saturated carbocycles. The first-order valence-electron chi connectivity index (χ1n) is 11.0. The van der Waals surface area contributed by atoms with Crippen molar-refractivity contribution in [3.05, 3.63) is 0 Å². The summed E-state index contributed by atoms with van der Waals surface area (Å²) in [4.78, 5) is 0.